The van der Waals surface area contributed by atoms with Crippen LogP contribution in [0.4, 0.5) is 0 Å². The number of nitrogens with zero attached hydrogens (tertiary/aromatic N) is 3. The molecule has 2 amide bonds. The van der Waals surface area contributed by atoms with Crippen molar-refractivity contribution in [3.63, 3.8) is 0 Å². The Hall–Kier alpha value is -2.72. The van der Waals surface area contributed by atoms with E-state index < -0.39 is 67.8 Å². The normalized spacial score (nSPS) is 16.0. The highest BCUT2D eigenvalue weighted by Gasteiger charge is 2.67. The lowest BCUT2D eigenvalue weighted by Crippen LogP contribution is -2.71. The molecule has 0 aliphatic carbocycles. The van der Waals surface area contributed by atoms with Gasteiger partial charge in [-0.1, -0.05) is 0 Å². The monoisotopic (exact) mass is 413 g/mol. The Morgan fingerprint density at radius 1 is 1.30 bits per heavy atom. The molecule has 1 unspecified atom stereocenters. The molecule has 1 atom stereocenters. The minimum Gasteiger partial charge on any atom is -0.400 e. The van der Waals surface area contributed by atoms with E-state index in [1.54, 1.807) is 0 Å². The molecule has 0 aromatic carbocycles. The Labute approximate surface area is 152 Å². The summed E-state index contributed by atoms with van der Waals surface area (Å²) in [6, 6.07) is -1.52. The van der Waals surface area contributed by atoms with E-state index in [4.69, 9.17) is 10.8 Å². The third kappa shape index (κ3) is 6.19. The molecule has 0 aromatic heterocycles. The quantitative estimate of drug-likeness (QED) is 0.142. The first-order valence-electron chi connectivity index (χ1n) is 7.14. The molecule has 154 valence electrons. The Balaban J connectivity index is 0.00000326. The number of aldehydes is 1. The molecule has 0 saturated carbocycles. The van der Waals surface area contributed by atoms with Gasteiger partial charge in [0.25, 0.3) is 0 Å². The van der Waals surface area contributed by atoms with Crippen LogP contribution < -0.4 is 11.1 Å². The summed E-state index contributed by atoms with van der Waals surface area (Å²) in [6.45, 7) is -2.07. The summed E-state index contributed by atoms with van der Waals surface area (Å²) in [6.07, 6.45) is 0.364. The maximum absolute atomic E-state index is 11.9. The second kappa shape index (κ2) is 9.83. The van der Waals surface area contributed by atoms with Crippen LogP contribution in [0.15, 0.2) is 0 Å². The van der Waals surface area contributed by atoms with Gasteiger partial charge in [-0.15, -0.1) is 0 Å². The molecule has 0 aromatic rings. The van der Waals surface area contributed by atoms with Gasteiger partial charge in [0, 0.05) is 7.11 Å². The van der Waals surface area contributed by atoms with E-state index in [0.29, 0.717) is 11.2 Å². The molecule has 1 aliphatic rings. The summed E-state index contributed by atoms with van der Waals surface area (Å²) >= 11 is 0. The fraction of sp³-hybridized carbons (Fsp3) is 0.727. The standard InChI is InChI=1S/C10H15N5O9S.CH4O/c11-7(9(18)12-1-2-16)3-25(23,24)4-8(17)13-5-10(6-13,14(19)20)15(21)22;1-2/h2,7H,1,3-6,11H2,(H,12,18);2H,1H3. The van der Waals surface area contributed by atoms with Gasteiger partial charge >= 0.3 is 5.66 Å². The number of nitrogens with two attached hydrogens (primary N) is 1. The number of hydrogen-bond acceptors (Lipinski definition) is 11. The first-order chi connectivity index (χ1) is 12.4. The molecule has 27 heavy (non-hydrogen) atoms. The lowest BCUT2D eigenvalue weighted by Gasteiger charge is -2.35. The molecule has 16 heteroatoms. The number of aliphatic hydroxyl groups excluding tert-OH is 1. The zero-order chi connectivity index (χ0) is 21.4. The van der Waals surface area contributed by atoms with Crippen molar-refractivity contribution in [2.24, 2.45) is 5.73 Å². The summed E-state index contributed by atoms with van der Waals surface area (Å²) in [7, 11) is -3.15. The predicted molar refractivity (Wildman–Crippen MR) is 87.1 cm³/mol. The van der Waals surface area contributed by atoms with Crippen LogP contribution in [0.3, 0.4) is 0 Å². The Bertz CT molecular complexity index is 686. The predicted octanol–water partition coefficient (Wildman–Crippen LogP) is -4.26. The minimum absolute atomic E-state index is 0.358. The van der Waals surface area contributed by atoms with Crippen molar-refractivity contribution >= 4 is 27.9 Å². The van der Waals surface area contributed by atoms with Gasteiger partial charge in [0.2, 0.25) is 11.8 Å². The third-order valence-corrected chi connectivity index (χ3v) is 4.95. The lowest BCUT2D eigenvalue weighted by atomic mass is 10.0. The first kappa shape index (κ1) is 24.3. The average molecular weight is 413 g/mol. The van der Waals surface area contributed by atoms with Crippen molar-refractivity contribution in [2.75, 3.05) is 38.2 Å². The molecule has 1 saturated heterocycles. The second-order valence-corrected chi connectivity index (χ2v) is 7.43. The Morgan fingerprint density at radius 2 is 1.78 bits per heavy atom. The van der Waals surface area contributed by atoms with Gasteiger partial charge in [-0.3, -0.25) is 29.8 Å². The van der Waals surface area contributed by atoms with Crippen molar-refractivity contribution in [1.82, 2.24) is 10.2 Å². The zero-order valence-electron chi connectivity index (χ0n) is 14.1. The molecule has 1 fully saturated rings. The summed E-state index contributed by atoms with van der Waals surface area (Å²) in [5.41, 5.74) is 2.82. The van der Waals surface area contributed by atoms with Gasteiger partial charge in [0.1, 0.15) is 21.9 Å². The van der Waals surface area contributed by atoms with E-state index in [1.807, 2.05) is 5.32 Å². The van der Waals surface area contributed by atoms with Gasteiger partial charge in [0.05, 0.1) is 18.3 Å². The Kier molecular flexibility index (Phi) is 8.84. The maximum Gasteiger partial charge on any atom is 0.492 e. The molecule has 1 aliphatic heterocycles. The van der Waals surface area contributed by atoms with Crippen LogP contribution in [0.1, 0.15) is 0 Å². The van der Waals surface area contributed by atoms with Crippen LogP contribution in [0.5, 0.6) is 0 Å². The zero-order valence-corrected chi connectivity index (χ0v) is 15.0. The molecule has 15 nitrogen and oxygen atoms in total. The summed E-state index contributed by atoms with van der Waals surface area (Å²) in [4.78, 5) is 53.2. The second-order valence-electron chi connectivity index (χ2n) is 5.32. The molecule has 0 spiro atoms. The highest BCUT2D eigenvalue weighted by atomic mass is 32.2. The molecule has 0 radical (unpaired) electrons. The first-order valence-corrected chi connectivity index (χ1v) is 8.96. The molecular formula is C11H19N5O10S. The van der Waals surface area contributed by atoms with Gasteiger partial charge < -0.3 is 25.9 Å². The molecule has 4 N–H and O–H groups in total. The topological polar surface area (TPSA) is 233 Å². The van der Waals surface area contributed by atoms with Crippen LogP contribution >= 0.6 is 0 Å². The molecule has 1 heterocycles. The van der Waals surface area contributed by atoms with Crippen molar-refractivity contribution in [2.45, 2.75) is 11.7 Å². The number of carbonyl (C=O) groups excluding carboxylic acids is 3. The maximum atomic E-state index is 11.9. The summed E-state index contributed by atoms with van der Waals surface area (Å²) < 4.78 is 23.7. The van der Waals surface area contributed by atoms with E-state index in [-0.39, 0.29) is 6.54 Å². The van der Waals surface area contributed by atoms with Crippen LogP contribution in [0.25, 0.3) is 0 Å². The van der Waals surface area contributed by atoms with Gasteiger partial charge in [0.15, 0.2) is 22.9 Å². The van der Waals surface area contributed by atoms with E-state index in [1.165, 1.54) is 0 Å². The lowest BCUT2D eigenvalue weighted by molar-refractivity contribution is -0.809. The van der Waals surface area contributed by atoms with Gasteiger partial charge in [-0.25, -0.2) is 8.42 Å². The number of hydrogen-bond donors (Lipinski definition) is 3. The number of carbonyl (C=O) groups is 3. The van der Waals surface area contributed by atoms with E-state index in [0.717, 1.165) is 7.11 Å². The van der Waals surface area contributed by atoms with Crippen LogP contribution in [0, 0.1) is 20.2 Å². The van der Waals surface area contributed by atoms with Crippen molar-refractivity contribution in [1.29, 1.82) is 0 Å². The van der Waals surface area contributed by atoms with Crippen LogP contribution in [-0.4, -0.2) is 96.3 Å². The number of nitro groups is 2. The van der Waals surface area contributed by atoms with Crippen molar-refractivity contribution < 1.29 is 37.8 Å². The highest BCUT2D eigenvalue weighted by molar-refractivity contribution is 7.92. The van der Waals surface area contributed by atoms with Crippen molar-refractivity contribution in [3.05, 3.63) is 20.2 Å². The number of amides is 2. The number of likely N-dealkylation sites (tertiary alicyclic amines) is 1. The number of rotatable bonds is 9. The van der Waals surface area contributed by atoms with Gasteiger partial charge in [-0.05, 0) is 0 Å². The molecule has 1 rings (SSSR count). The number of aliphatic hydroxyl groups is 1. The fourth-order valence-corrected chi connectivity index (χ4v) is 3.38. The molecule has 0 bridgehead atoms. The molecular weight excluding hydrogens is 394 g/mol. The number of nitrogens with one attached hydrogen (secondary N) is 1. The van der Waals surface area contributed by atoms with Crippen LogP contribution in [0.2, 0.25) is 0 Å². The minimum atomic E-state index is -4.15. The largest absolute Gasteiger partial charge is 0.492 e. The fourth-order valence-electron chi connectivity index (χ4n) is 2.00. The summed E-state index contributed by atoms with van der Waals surface area (Å²) in [5, 5.41) is 30.5. The average Bonchev–Trinajstić information content (AvgIpc) is 2.51. The highest BCUT2D eigenvalue weighted by Crippen LogP contribution is 2.25. The van der Waals surface area contributed by atoms with Gasteiger partial charge in [-0.2, -0.15) is 0 Å². The number of sulfone groups is 1. The van der Waals surface area contributed by atoms with E-state index >= 15 is 0 Å². The van der Waals surface area contributed by atoms with E-state index in [2.05, 4.69) is 0 Å². The third-order valence-electron chi connectivity index (χ3n) is 3.39. The SMILES string of the molecule is CO.NC(CS(=O)(=O)CC(=O)N1CC([N+](=O)[O-])([N+](=O)[O-])C1)C(=O)NCC=O. The van der Waals surface area contributed by atoms with Crippen molar-refractivity contribution in [3.8, 4) is 0 Å². The van der Waals surface area contributed by atoms with E-state index in [9.17, 15) is 43.0 Å². The Morgan fingerprint density at radius 3 is 2.19 bits per heavy atom. The smallest absolute Gasteiger partial charge is 0.400 e. The summed E-state index contributed by atoms with van der Waals surface area (Å²) in [5.74, 6) is -3.98. The van der Waals surface area contributed by atoms with Crippen LogP contribution in [-0.2, 0) is 24.2 Å².